The van der Waals surface area contributed by atoms with E-state index in [1.54, 1.807) is 0 Å². The van der Waals surface area contributed by atoms with Crippen molar-refractivity contribution in [1.82, 2.24) is 9.55 Å². The number of hydrogen-bond donors (Lipinski definition) is 1. The lowest BCUT2D eigenvalue weighted by Crippen LogP contribution is -2.30. The van der Waals surface area contributed by atoms with Crippen LogP contribution in [0.5, 0.6) is 0 Å². The number of aromatic nitrogens is 2. The maximum Gasteiger partial charge on any atom is 0.0949 e. The van der Waals surface area contributed by atoms with Crippen molar-refractivity contribution in [2.75, 3.05) is 5.32 Å². The van der Waals surface area contributed by atoms with Gasteiger partial charge in [-0.3, -0.25) is 0 Å². The van der Waals surface area contributed by atoms with Crippen molar-refractivity contribution in [2.24, 2.45) is 5.41 Å². The van der Waals surface area contributed by atoms with E-state index < -0.39 is 0 Å². The summed E-state index contributed by atoms with van der Waals surface area (Å²) < 4.78 is 2.10. The summed E-state index contributed by atoms with van der Waals surface area (Å²) in [5.74, 6) is 0. The van der Waals surface area contributed by atoms with E-state index in [0.29, 0.717) is 11.5 Å². The Morgan fingerprint density at radius 2 is 2.30 bits per heavy atom. The fourth-order valence-corrected chi connectivity index (χ4v) is 3.15. The van der Waals surface area contributed by atoms with Crippen LogP contribution >= 0.6 is 0 Å². The van der Waals surface area contributed by atoms with Crippen LogP contribution in [0.15, 0.2) is 43.0 Å². The first-order chi connectivity index (χ1) is 9.63. The lowest BCUT2D eigenvalue weighted by Gasteiger charge is -2.29. The van der Waals surface area contributed by atoms with Gasteiger partial charge >= 0.3 is 0 Å². The molecule has 1 aliphatic rings. The maximum absolute atomic E-state index is 4.09. The third kappa shape index (κ3) is 2.87. The zero-order chi connectivity index (χ0) is 14.0. The molecule has 1 aliphatic carbocycles. The molecule has 3 nitrogen and oxygen atoms in total. The first-order valence-corrected chi connectivity index (χ1v) is 7.45. The average molecular weight is 269 g/mol. The van der Waals surface area contributed by atoms with Gasteiger partial charge < -0.3 is 9.88 Å². The van der Waals surface area contributed by atoms with Crippen LogP contribution in [-0.2, 0) is 6.54 Å². The molecule has 106 valence electrons. The standard InChI is InChI=1S/C17H23N3/c1-17(2)8-4-7-16(17)19-15-6-3-5-14(11-15)12-20-10-9-18-13-20/h3,5-6,9-11,13,16,19H,4,7-8,12H2,1-2H3. The molecule has 1 aromatic heterocycles. The second-order valence-electron chi connectivity index (χ2n) is 6.51. The molecule has 1 atom stereocenters. The summed E-state index contributed by atoms with van der Waals surface area (Å²) in [4.78, 5) is 4.09. The molecule has 1 heterocycles. The SMILES string of the molecule is CC1(C)CCCC1Nc1cccc(Cn2ccnc2)c1. The van der Waals surface area contributed by atoms with Gasteiger partial charge in [0.15, 0.2) is 0 Å². The van der Waals surface area contributed by atoms with Gasteiger partial charge in [-0.2, -0.15) is 0 Å². The lowest BCUT2D eigenvalue weighted by atomic mass is 9.87. The van der Waals surface area contributed by atoms with Gasteiger partial charge in [0, 0.05) is 30.7 Å². The Balaban J connectivity index is 1.71. The summed E-state index contributed by atoms with van der Waals surface area (Å²) in [6.45, 7) is 5.61. The predicted octanol–water partition coefficient (Wildman–Crippen LogP) is 3.92. The molecule has 2 aromatic rings. The van der Waals surface area contributed by atoms with Crippen LogP contribution < -0.4 is 5.32 Å². The number of imidazole rings is 1. The summed E-state index contributed by atoms with van der Waals surface area (Å²) in [5, 5.41) is 3.73. The van der Waals surface area contributed by atoms with Gasteiger partial charge in [0.05, 0.1) is 6.33 Å². The van der Waals surface area contributed by atoms with Crippen LogP contribution in [0.1, 0.15) is 38.7 Å². The van der Waals surface area contributed by atoms with Crippen LogP contribution in [0.4, 0.5) is 5.69 Å². The molecule has 1 N–H and O–H groups in total. The second kappa shape index (κ2) is 5.31. The number of nitrogens with one attached hydrogen (secondary N) is 1. The minimum Gasteiger partial charge on any atom is -0.382 e. The molecule has 3 heteroatoms. The van der Waals surface area contributed by atoms with Crippen molar-refractivity contribution in [1.29, 1.82) is 0 Å². The Hall–Kier alpha value is -1.77. The van der Waals surface area contributed by atoms with Crippen molar-refractivity contribution >= 4 is 5.69 Å². The Bertz CT molecular complexity index is 557. The summed E-state index contributed by atoms with van der Waals surface area (Å²) in [5.41, 5.74) is 2.95. The predicted molar refractivity (Wildman–Crippen MR) is 82.8 cm³/mol. The minimum atomic E-state index is 0.403. The van der Waals surface area contributed by atoms with Gasteiger partial charge in [0.1, 0.15) is 0 Å². The molecule has 1 fully saturated rings. The first kappa shape index (κ1) is 13.2. The molecule has 0 bridgehead atoms. The van der Waals surface area contributed by atoms with Gasteiger partial charge in [-0.1, -0.05) is 32.4 Å². The van der Waals surface area contributed by atoms with Crippen LogP contribution in [-0.4, -0.2) is 15.6 Å². The highest BCUT2D eigenvalue weighted by atomic mass is 15.0. The largest absolute Gasteiger partial charge is 0.382 e. The first-order valence-electron chi connectivity index (χ1n) is 7.45. The quantitative estimate of drug-likeness (QED) is 0.911. The van der Waals surface area contributed by atoms with Crippen molar-refractivity contribution in [3.8, 4) is 0 Å². The average Bonchev–Trinajstić information content (AvgIpc) is 3.01. The van der Waals surface area contributed by atoms with E-state index in [4.69, 9.17) is 0 Å². The highest BCUT2D eigenvalue weighted by Gasteiger charge is 2.34. The van der Waals surface area contributed by atoms with E-state index >= 15 is 0 Å². The highest BCUT2D eigenvalue weighted by Crippen LogP contribution is 2.39. The van der Waals surface area contributed by atoms with Gasteiger partial charge in [-0.05, 0) is 36.0 Å². The smallest absolute Gasteiger partial charge is 0.0949 e. The van der Waals surface area contributed by atoms with E-state index in [-0.39, 0.29) is 0 Å². The van der Waals surface area contributed by atoms with Gasteiger partial charge in [0.2, 0.25) is 0 Å². The number of hydrogen-bond acceptors (Lipinski definition) is 2. The molecular formula is C17H23N3. The fourth-order valence-electron chi connectivity index (χ4n) is 3.15. The summed E-state index contributed by atoms with van der Waals surface area (Å²) in [6, 6.07) is 9.33. The second-order valence-corrected chi connectivity index (χ2v) is 6.51. The van der Waals surface area contributed by atoms with E-state index in [2.05, 4.69) is 53.0 Å². The Kier molecular flexibility index (Phi) is 3.51. The van der Waals surface area contributed by atoms with E-state index in [1.165, 1.54) is 30.5 Å². The topological polar surface area (TPSA) is 29.9 Å². The maximum atomic E-state index is 4.09. The molecule has 0 saturated heterocycles. The number of benzene rings is 1. The number of nitrogens with zero attached hydrogens (tertiary/aromatic N) is 2. The zero-order valence-electron chi connectivity index (χ0n) is 12.3. The third-order valence-corrected chi connectivity index (χ3v) is 4.45. The molecule has 1 aromatic carbocycles. The van der Waals surface area contributed by atoms with Gasteiger partial charge in [0.25, 0.3) is 0 Å². The van der Waals surface area contributed by atoms with Crippen molar-refractivity contribution in [3.05, 3.63) is 48.5 Å². The number of rotatable bonds is 4. The highest BCUT2D eigenvalue weighted by molar-refractivity contribution is 5.47. The monoisotopic (exact) mass is 269 g/mol. The van der Waals surface area contributed by atoms with E-state index in [0.717, 1.165) is 6.54 Å². The molecule has 20 heavy (non-hydrogen) atoms. The van der Waals surface area contributed by atoms with Crippen LogP contribution in [0, 0.1) is 5.41 Å². The van der Waals surface area contributed by atoms with Crippen LogP contribution in [0.25, 0.3) is 0 Å². The van der Waals surface area contributed by atoms with Crippen molar-refractivity contribution in [3.63, 3.8) is 0 Å². The van der Waals surface area contributed by atoms with Crippen LogP contribution in [0.2, 0.25) is 0 Å². The minimum absolute atomic E-state index is 0.403. The van der Waals surface area contributed by atoms with E-state index in [1.807, 2.05) is 18.7 Å². The molecule has 1 saturated carbocycles. The summed E-state index contributed by atoms with van der Waals surface area (Å²) in [7, 11) is 0. The van der Waals surface area contributed by atoms with Gasteiger partial charge in [-0.15, -0.1) is 0 Å². The van der Waals surface area contributed by atoms with Crippen molar-refractivity contribution in [2.45, 2.75) is 45.7 Å². The van der Waals surface area contributed by atoms with Crippen molar-refractivity contribution < 1.29 is 0 Å². The summed E-state index contributed by atoms with van der Waals surface area (Å²) in [6.07, 6.45) is 9.61. The molecule has 3 rings (SSSR count). The Morgan fingerprint density at radius 1 is 1.40 bits per heavy atom. The third-order valence-electron chi connectivity index (χ3n) is 4.45. The molecule has 0 radical (unpaired) electrons. The number of anilines is 1. The summed E-state index contributed by atoms with van der Waals surface area (Å²) >= 11 is 0. The molecule has 0 amide bonds. The molecule has 0 aliphatic heterocycles. The Morgan fingerprint density at radius 3 is 3.00 bits per heavy atom. The van der Waals surface area contributed by atoms with E-state index in [9.17, 15) is 0 Å². The lowest BCUT2D eigenvalue weighted by molar-refractivity contribution is 0.350. The Labute approximate surface area is 121 Å². The molecule has 0 spiro atoms. The zero-order valence-corrected chi connectivity index (χ0v) is 12.3. The normalized spacial score (nSPS) is 21.0. The fraction of sp³-hybridized carbons (Fsp3) is 0.471. The van der Waals surface area contributed by atoms with Gasteiger partial charge in [-0.25, -0.2) is 4.98 Å². The van der Waals surface area contributed by atoms with Crippen LogP contribution in [0.3, 0.4) is 0 Å². The molecular weight excluding hydrogens is 246 g/mol. The molecule has 1 unspecified atom stereocenters.